The number of anilines is 2. The molecule has 6 rings (SSSR count). The molecule has 1 aliphatic heterocycles. The number of nitrogens with zero attached hydrogens (tertiary/aromatic N) is 4. The third-order valence-corrected chi connectivity index (χ3v) is 6.13. The monoisotopic (exact) mass is 442 g/mol. The van der Waals surface area contributed by atoms with Crippen LogP contribution in [-0.4, -0.2) is 53.0 Å². The van der Waals surface area contributed by atoms with E-state index >= 15 is 0 Å². The number of aliphatic hydroxyl groups is 2. The number of H-pyrrole nitrogens is 1. The van der Waals surface area contributed by atoms with Crippen LogP contribution in [0.5, 0.6) is 0 Å². The first-order chi connectivity index (χ1) is 16.1. The predicted octanol–water partition coefficient (Wildman–Crippen LogP) is 3.36. The van der Waals surface area contributed by atoms with Crippen LogP contribution in [0.1, 0.15) is 13.2 Å². The number of benzene rings is 2. The molecule has 33 heavy (non-hydrogen) atoms. The number of nitrogens with one attached hydrogen (secondary N) is 2. The van der Waals surface area contributed by atoms with Crippen LogP contribution in [0.4, 0.5) is 11.5 Å². The summed E-state index contributed by atoms with van der Waals surface area (Å²) >= 11 is 0. The van der Waals surface area contributed by atoms with E-state index in [4.69, 9.17) is 4.74 Å². The Hall–Kier alpha value is -3.79. The Labute approximate surface area is 188 Å². The lowest BCUT2D eigenvalue weighted by atomic mass is 10.1. The quantitative estimate of drug-likeness (QED) is 0.337. The number of hydrogen-bond acceptors (Lipinski definition) is 7. The van der Waals surface area contributed by atoms with Crippen molar-refractivity contribution >= 4 is 33.6 Å². The van der Waals surface area contributed by atoms with Gasteiger partial charge in [0.05, 0.1) is 28.9 Å². The largest absolute Gasteiger partial charge is 0.388 e. The van der Waals surface area contributed by atoms with Crippen LogP contribution >= 0.6 is 0 Å². The topological polar surface area (TPSA) is 121 Å². The molecule has 3 aromatic heterocycles. The zero-order valence-corrected chi connectivity index (χ0v) is 17.8. The van der Waals surface area contributed by atoms with Gasteiger partial charge in [-0.15, -0.1) is 0 Å². The molecule has 0 radical (unpaired) electrons. The SMILES string of the molecule is C[C@H]1O[C@@H](n2cc(-c3ccccc3)c3c(Nc4ccc5nc[nH]c5c4)ncnc32)[C@H](O)[C@@H]1O. The van der Waals surface area contributed by atoms with Crippen LogP contribution in [0, 0.1) is 0 Å². The van der Waals surface area contributed by atoms with Crippen LogP contribution in [-0.2, 0) is 4.74 Å². The molecular weight excluding hydrogens is 420 g/mol. The van der Waals surface area contributed by atoms with Crippen LogP contribution in [0.3, 0.4) is 0 Å². The summed E-state index contributed by atoms with van der Waals surface area (Å²) < 4.78 is 7.68. The third kappa shape index (κ3) is 3.25. The van der Waals surface area contributed by atoms with E-state index in [0.29, 0.717) is 11.5 Å². The number of fused-ring (bicyclic) bond motifs is 2. The van der Waals surface area contributed by atoms with Gasteiger partial charge >= 0.3 is 0 Å². The Morgan fingerprint density at radius 3 is 2.67 bits per heavy atom. The minimum absolute atomic E-state index is 0.497. The molecule has 0 spiro atoms. The standard InChI is InChI=1S/C24H22N6O3/c1-13-20(31)21(32)24(33-13)30-10-16(14-5-3-2-4-6-14)19-22(27-12-28-23(19)30)29-15-7-8-17-18(9-15)26-11-25-17/h2-13,20-21,24,31-32H,1H3,(H,25,26)(H,27,28,29)/t13-,20-,21-,24-/m1/s1. The van der Waals surface area contributed by atoms with Crippen molar-refractivity contribution in [3.05, 3.63) is 67.4 Å². The maximum Gasteiger partial charge on any atom is 0.164 e. The van der Waals surface area contributed by atoms with Crippen molar-refractivity contribution < 1.29 is 14.9 Å². The van der Waals surface area contributed by atoms with E-state index in [1.54, 1.807) is 17.8 Å². The zero-order chi connectivity index (χ0) is 22.5. The molecule has 9 nitrogen and oxygen atoms in total. The van der Waals surface area contributed by atoms with E-state index in [-0.39, 0.29) is 0 Å². The van der Waals surface area contributed by atoms with Gasteiger partial charge in [0, 0.05) is 17.4 Å². The van der Waals surface area contributed by atoms with Gasteiger partial charge in [-0.25, -0.2) is 15.0 Å². The molecule has 0 aliphatic carbocycles. The predicted molar refractivity (Wildman–Crippen MR) is 124 cm³/mol. The smallest absolute Gasteiger partial charge is 0.164 e. The Morgan fingerprint density at radius 1 is 1.03 bits per heavy atom. The van der Waals surface area contributed by atoms with Gasteiger partial charge in [0.1, 0.15) is 30.0 Å². The number of rotatable bonds is 4. The fourth-order valence-corrected chi connectivity index (χ4v) is 4.42. The zero-order valence-electron chi connectivity index (χ0n) is 17.8. The minimum Gasteiger partial charge on any atom is -0.388 e. The Bertz CT molecular complexity index is 1450. The first kappa shape index (κ1) is 19.9. The summed E-state index contributed by atoms with van der Waals surface area (Å²) in [5, 5.41) is 25.1. The minimum atomic E-state index is -1.08. The highest BCUT2D eigenvalue weighted by Crippen LogP contribution is 2.39. The van der Waals surface area contributed by atoms with Gasteiger partial charge in [0.25, 0.3) is 0 Å². The van der Waals surface area contributed by atoms with E-state index in [2.05, 4.69) is 25.3 Å². The lowest BCUT2D eigenvalue weighted by molar-refractivity contribution is -0.0295. The summed E-state index contributed by atoms with van der Waals surface area (Å²) in [5.41, 5.74) is 5.10. The van der Waals surface area contributed by atoms with E-state index in [0.717, 1.165) is 33.2 Å². The summed E-state index contributed by atoms with van der Waals surface area (Å²) in [6, 6.07) is 15.8. The summed E-state index contributed by atoms with van der Waals surface area (Å²) in [5.74, 6) is 0.623. The van der Waals surface area contributed by atoms with Gasteiger partial charge in [0.15, 0.2) is 6.23 Å². The van der Waals surface area contributed by atoms with E-state index in [9.17, 15) is 10.2 Å². The number of ether oxygens (including phenoxy) is 1. The average molecular weight is 442 g/mol. The molecule has 2 aromatic carbocycles. The van der Waals surface area contributed by atoms with Crippen LogP contribution in [0.2, 0.25) is 0 Å². The molecule has 0 amide bonds. The second-order valence-corrected chi connectivity index (χ2v) is 8.21. The molecule has 1 fully saturated rings. The highest BCUT2D eigenvalue weighted by molar-refractivity contribution is 6.02. The number of aromatic nitrogens is 5. The Kier molecular flexibility index (Phi) is 4.61. The van der Waals surface area contributed by atoms with Crippen LogP contribution in [0.25, 0.3) is 33.2 Å². The molecule has 0 bridgehead atoms. The Morgan fingerprint density at radius 2 is 1.88 bits per heavy atom. The van der Waals surface area contributed by atoms with Crippen molar-refractivity contribution in [2.75, 3.05) is 5.32 Å². The van der Waals surface area contributed by atoms with Crippen molar-refractivity contribution in [1.29, 1.82) is 0 Å². The van der Waals surface area contributed by atoms with Gasteiger partial charge in [-0.1, -0.05) is 30.3 Å². The summed E-state index contributed by atoms with van der Waals surface area (Å²) in [4.78, 5) is 16.4. The van der Waals surface area contributed by atoms with Crippen molar-refractivity contribution in [1.82, 2.24) is 24.5 Å². The fraction of sp³-hybridized carbons (Fsp3) is 0.208. The van der Waals surface area contributed by atoms with Crippen molar-refractivity contribution in [2.24, 2.45) is 0 Å². The molecule has 166 valence electrons. The molecule has 0 unspecified atom stereocenters. The normalized spacial score (nSPS) is 22.9. The molecule has 4 atom stereocenters. The van der Waals surface area contributed by atoms with E-state index in [1.807, 2.05) is 54.7 Å². The lowest BCUT2D eigenvalue weighted by Crippen LogP contribution is -2.30. The van der Waals surface area contributed by atoms with Crippen LogP contribution < -0.4 is 5.32 Å². The van der Waals surface area contributed by atoms with Crippen LogP contribution in [0.15, 0.2) is 67.4 Å². The maximum absolute atomic E-state index is 10.6. The van der Waals surface area contributed by atoms with Crippen molar-refractivity contribution in [2.45, 2.75) is 31.5 Å². The first-order valence-electron chi connectivity index (χ1n) is 10.7. The summed E-state index contributed by atoms with van der Waals surface area (Å²) in [7, 11) is 0. The van der Waals surface area contributed by atoms with Gasteiger partial charge < -0.3 is 29.8 Å². The molecule has 4 N–H and O–H groups in total. The number of hydrogen-bond donors (Lipinski definition) is 4. The lowest BCUT2D eigenvalue weighted by Gasteiger charge is -2.17. The number of imidazole rings is 1. The molecule has 1 saturated heterocycles. The van der Waals surface area contributed by atoms with Gasteiger partial charge in [-0.3, -0.25) is 0 Å². The summed E-state index contributed by atoms with van der Waals surface area (Å²) in [6.45, 7) is 1.74. The highest BCUT2D eigenvalue weighted by Gasteiger charge is 2.42. The second kappa shape index (κ2) is 7.66. The fourth-order valence-electron chi connectivity index (χ4n) is 4.42. The van der Waals surface area contributed by atoms with Gasteiger partial charge in [-0.2, -0.15) is 0 Å². The van der Waals surface area contributed by atoms with Crippen molar-refractivity contribution in [3.63, 3.8) is 0 Å². The highest BCUT2D eigenvalue weighted by atomic mass is 16.6. The number of aliphatic hydroxyl groups excluding tert-OH is 2. The average Bonchev–Trinajstić information content (AvgIpc) is 3.53. The first-order valence-corrected chi connectivity index (χ1v) is 10.7. The van der Waals surface area contributed by atoms with Gasteiger partial charge in [-0.05, 0) is 30.7 Å². The second-order valence-electron chi connectivity index (χ2n) is 8.21. The van der Waals surface area contributed by atoms with Gasteiger partial charge in [0.2, 0.25) is 0 Å². The maximum atomic E-state index is 10.6. The molecule has 9 heteroatoms. The molecule has 4 heterocycles. The Balaban J connectivity index is 1.52. The molecular formula is C24H22N6O3. The third-order valence-electron chi connectivity index (χ3n) is 6.13. The molecule has 5 aromatic rings. The van der Waals surface area contributed by atoms with Crippen molar-refractivity contribution in [3.8, 4) is 11.1 Å². The number of aromatic amines is 1. The molecule has 1 aliphatic rings. The van der Waals surface area contributed by atoms with E-state index in [1.165, 1.54) is 6.33 Å². The van der Waals surface area contributed by atoms with E-state index < -0.39 is 24.5 Å². The molecule has 0 saturated carbocycles. The summed E-state index contributed by atoms with van der Waals surface area (Å²) in [6.07, 6.45) is 1.72.